The number of anilines is 1. The van der Waals surface area contributed by atoms with E-state index < -0.39 is 5.91 Å². The first kappa shape index (κ1) is 30.4. The van der Waals surface area contributed by atoms with E-state index in [0.29, 0.717) is 36.7 Å². The Labute approximate surface area is 230 Å². The Kier molecular flexibility index (Phi) is 12.4. The van der Waals surface area contributed by atoms with Crippen molar-refractivity contribution in [2.45, 2.75) is 20.3 Å². The summed E-state index contributed by atoms with van der Waals surface area (Å²) in [5.41, 5.74) is 9.17. The molecule has 0 atom stereocenters. The molecule has 0 saturated carbocycles. The minimum Gasteiger partial charge on any atom is -0.394 e. The monoisotopic (exact) mass is 533 g/mol. The molecule has 0 radical (unpaired) electrons. The fraction of sp³-hybridized carbons (Fsp3) is 0.276. The number of benzene rings is 2. The molecule has 38 heavy (non-hydrogen) atoms. The highest BCUT2D eigenvalue weighted by molar-refractivity contribution is 8.21. The van der Waals surface area contributed by atoms with Crippen LogP contribution in [0.25, 0.3) is 10.6 Å². The predicted molar refractivity (Wildman–Crippen MR) is 165 cm³/mol. The molecule has 8 nitrogen and oxygen atoms in total. The van der Waals surface area contributed by atoms with Gasteiger partial charge in [-0.15, -0.1) is 0 Å². The van der Waals surface area contributed by atoms with Crippen LogP contribution < -0.4 is 16.9 Å². The van der Waals surface area contributed by atoms with Crippen molar-refractivity contribution in [3.05, 3.63) is 90.7 Å². The minimum absolute atomic E-state index is 0.0266. The summed E-state index contributed by atoms with van der Waals surface area (Å²) in [6.45, 7) is 14.5. The number of amides is 1. The second-order valence-corrected chi connectivity index (χ2v) is 9.83. The van der Waals surface area contributed by atoms with Crippen molar-refractivity contribution in [1.82, 2.24) is 9.80 Å². The first-order valence-electron chi connectivity index (χ1n) is 12.4. The van der Waals surface area contributed by atoms with Crippen LogP contribution in [0.3, 0.4) is 0 Å². The summed E-state index contributed by atoms with van der Waals surface area (Å²) < 4.78 is 0. The van der Waals surface area contributed by atoms with E-state index in [4.69, 9.17) is 16.6 Å². The molecule has 5 N–H and O–H groups in total. The molecule has 0 aromatic heterocycles. The summed E-state index contributed by atoms with van der Waals surface area (Å²) in [6.07, 6.45) is 2.29. The van der Waals surface area contributed by atoms with Crippen LogP contribution in [0.5, 0.6) is 0 Å². The molecule has 0 spiro atoms. The van der Waals surface area contributed by atoms with Gasteiger partial charge in [0, 0.05) is 41.9 Å². The molecule has 0 bridgehead atoms. The number of hydrogen-bond acceptors (Lipinski definition) is 7. The fourth-order valence-electron chi connectivity index (χ4n) is 3.40. The molecule has 0 aliphatic heterocycles. The van der Waals surface area contributed by atoms with Crippen LogP contribution in [0.4, 0.5) is 5.69 Å². The van der Waals surface area contributed by atoms with Crippen molar-refractivity contribution in [2.75, 3.05) is 39.0 Å². The second kappa shape index (κ2) is 15.4. The number of likely N-dealkylation sites (N-methyl/N-ethyl adjacent to an activating group) is 2. The van der Waals surface area contributed by atoms with Gasteiger partial charge in [0.25, 0.3) is 5.91 Å². The first-order chi connectivity index (χ1) is 18.2. The SMILES string of the molecule is C=C(N=C(/C=C(\N)C(=O)Nc1ccccc1C(=C)S/C(CC)=N\N)N(CC)CCN(C)C)c1ccccc1. The van der Waals surface area contributed by atoms with Gasteiger partial charge in [-0.1, -0.05) is 80.4 Å². The average Bonchev–Trinajstić information content (AvgIpc) is 2.92. The number of rotatable bonds is 12. The number of aliphatic imine (C=N–C) groups is 1. The molecule has 1 amide bonds. The van der Waals surface area contributed by atoms with Crippen molar-refractivity contribution >= 4 is 44.8 Å². The Balaban J connectivity index is 2.36. The Morgan fingerprint density at radius 2 is 1.71 bits per heavy atom. The van der Waals surface area contributed by atoms with E-state index in [-0.39, 0.29) is 5.70 Å². The summed E-state index contributed by atoms with van der Waals surface area (Å²) in [5, 5.41) is 7.45. The molecule has 0 aliphatic carbocycles. The minimum atomic E-state index is -0.444. The lowest BCUT2D eigenvalue weighted by atomic mass is 10.1. The zero-order valence-electron chi connectivity index (χ0n) is 22.8. The van der Waals surface area contributed by atoms with Gasteiger partial charge < -0.3 is 26.7 Å². The molecule has 0 heterocycles. The molecule has 0 unspecified atom stereocenters. The molecular weight excluding hydrogens is 494 g/mol. The van der Waals surface area contributed by atoms with Gasteiger partial charge in [-0.05, 0) is 39.1 Å². The van der Waals surface area contributed by atoms with Gasteiger partial charge in [-0.2, -0.15) is 5.10 Å². The van der Waals surface area contributed by atoms with Crippen molar-refractivity contribution in [3.8, 4) is 0 Å². The van der Waals surface area contributed by atoms with E-state index in [9.17, 15) is 4.79 Å². The van der Waals surface area contributed by atoms with Crippen LogP contribution >= 0.6 is 11.8 Å². The largest absolute Gasteiger partial charge is 0.394 e. The molecule has 202 valence electrons. The van der Waals surface area contributed by atoms with E-state index in [1.54, 1.807) is 12.1 Å². The number of carbonyl (C=O) groups excluding carboxylic acids is 1. The highest BCUT2D eigenvalue weighted by atomic mass is 32.2. The van der Waals surface area contributed by atoms with Gasteiger partial charge in [-0.3, -0.25) is 4.79 Å². The van der Waals surface area contributed by atoms with Crippen LogP contribution in [0, 0.1) is 0 Å². The Bertz CT molecular complexity index is 1200. The van der Waals surface area contributed by atoms with Gasteiger partial charge in [0.2, 0.25) is 0 Å². The van der Waals surface area contributed by atoms with Crippen LogP contribution in [0.2, 0.25) is 0 Å². The van der Waals surface area contributed by atoms with Gasteiger partial charge in [0.05, 0.1) is 10.7 Å². The molecular formula is C29H39N7OS. The lowest BCUT2D eigenvalue weighted by molar-refractivity contribution is -0.112. The van der Waals surface area contributed by atoms with E-state index in [2.05, 4.69) is 33.4 Å². The normalized spacial score (nSPS) is 12.4. The van der Waals surface area contributed by atoms with Crippen LogP contribution in [0.15, 0.2) is 89.6 Å². The molecule has 0 fully saturated rings. The van der Waals surface area contributed by atoms with Gasteiger partial charge in [-0.25, -0.2) is 4.99 Å². The highest BCUT2D eigenvalue weighted by Gasteiger charge is 2.16. The number of hydrogen-bond donors (Lipinski definition) is 3. The van der Waals surface area contributed by atoms with Gasteiger partial charge in [0.15, 0.2) is 0 Å². The quantitative estimate of drug-likeness (QED) is 0.119. The molecule has 0 saturated heterocycles. The number of amidine groups is 1. The number of thioether (sulfide) groups is 1. The summed E-state index contributed by atoms with van der Waals surface area (Å²) in [4.78, 5) is 22.9. The summed E-state index contributed by atoms with van der Waals surface area (Å²) >= 11 is 1.37. The van der Waals surface area contributed by atoms with E-state index in [1.165, 1.54) is 11.8 Å². The van der Waals surface area contributed by atoms with Crippen molar-refractivity contribution in [2.24, 2.45) is 21.7 Å². The summed E-state index contributed by atoms with van der Waals surface area (Å²) in [5.74, 6) is 5.59. The Morgan fingerprint density at radius 3 is 2.32 bits per heavy atom. The van der Waals surface area contributed by atoms with Crippen LogP contribution in [-0.2, 0) is 4.79 Å². The van der Waals surface area contributed by atoms with E-state index >= 15 is 0 Å². The number of carbonyl (C=O) groups is 1. The maximum atomic E-state index is 13.2. The molecule has 2 aromatic rings. The fourth-order valence-corrected chi connectivity index (χ4v) is 4.17. The van der Waals surface area contributed by atoms with E-state index in [1.807, 2.05) is 76.5 Å². The van der Waals surface area contributed by atoms with Crippen molar-refractivity contribution < 1.29 is 4.79 Å². The zero-order chi connectivity index (χ0) is 28.1. The molecule has 2 aromatic carbocycles. The third-order valence-corrected chi connectivity index (χ3v) is 6.69. The maximum absolute atomic E-state index is 13.2. The third kappa shape index (κ3) is 9.24. The lowest BCUT2D eigenvalue weighted by Crippen LogP contribution is -2.36. The number of para-hydroxylation sites is 1. The Morgan fingerprint density at radius 1 is 1.05 bits per heavy atom. The second-order valence-electron chi connectivity index (χ2n) is 8.67. The number of nitrogens with zero attached hydrogens (tertiary/aromatic N) is 4. The van der Waals surface area contributed by atoms with Crippen LogP contribution in [-0.4, -0.2) is 60.3 Å². The predicted octanol–water partition coefficient (Wildman–Crippen LogP) is 4.81. The van der Waals surface area contributed by atoms with Gasteiger partial charge >= 0.3 is 0 Å². The summed E-state index contributed by atoms with van der Waals surface area (Å²) in [6, 6.07) is 17.1. The van der Waals surface area contributed by atoms with Crippen molar-refractivity contribution in [1.29, 1.82) is 0 Å². The molecule has 0 aliphatic rings. The van der Waals surface area contributed by atoms with E-state index in [0.717, 1.165) is 27.6 Å². The smallest absolute Gasteiger partial charge is 0.271 e. The topological polar surface area (TPSA) is 112 Å². The first-order valence-corrected chi connectivity index (χ1v) is 13.3. The molecule has 2 rings (SSSR count). The van der Waals surface area contributed by atoms with Crippen molar-refractivity contribution in [3.63, 3.8) is 0 Å². The number of nitrogens with two attached hydrogens (primary N) is 2. The lowest BCUT2D eigenvalue weighted by Gasteiger charge is -2.25. The summed E-state index contributed by atoms with van der Waals surface area (Å²) in [7, 11) is 4.02. The van der Waals surface area contributed by atoms with Gasteiger partial charge in [0.1, 0.15) is 11.5 Å². The molecule has 9 heteroatoms. The maximum Gasteiger partial charge on any atom is 0.271 e. The van der Waals surface area contributed by atoms with Crippen LogP contribution in [0.1, 0.15) is 31.4 Å². The standard InChI is InChI=1S/C29H39N7OS/c1-7-28(34-31)38-22(4)24-16-12-13-17-26(24)33-29(37)25(30)20-27(36(8-2)19-18-35(5)6)32-21(3)23-14-10-9-11-15-23/h9-17,20H,3-4,7-8,18-19,30-31H2,1-2,5-6H3,(H,33,37)/b25-20-,32-27?,34-28-. The third-order valence-electron chi connectivity index (χ3n) is 5.59. The number of hydrazone groups is 1. The Hall–Kier alpha value is -3.82. The average molecular weight is 534 g/mol. The highest BCUT2D eigenvalue weighted by Crippen LogP contribution is 2.32. The number of nitrogens with one attached hydrogen (secondary N) is 1. The zero-order valence-corrected chi connectivity index (χ0v) is 23.6.